The SMILES string of the molecule is CCC1CCCCN1C(=O)C(=O)NC1CCN(Cc2ccccc2)CC1. The van der Waals surface area contributed by atoms with Crippen LogP contribution in [0.15, 0.2) is 30.3 Å². The standard InChI is InChI=1S/C21H31N3O2/c1-2-19-10-6-7-13-24(19)21(26)20(25)22-18-11-14-23(15-12-18)16-17-8-4-3-5-9-17/h3-5,8-9,18-19H,2,6-7,10-16H2,1H3,(H,22,25). The van der Waals surface area contributed by atoms with Crippen LogP contribution in [0.5, 0.6) is 0 Å². The molecule has 1 unspecified atom stereocenters. The van der Waals surface area contributed by atoms with Gasteiger partial charge in [-0.3, -0.25) is 14.5 Å². The molecular weight excluding hydrogens is 326 g/mol. The third kappa shape index (κ3) is 4.85. The Morgan fingerprint density at radius 3 is 2.46 bits per heavy atom. The molecule has 5 nitrogen and oxygen atoms in total. The van der Waals surface area contributed by atoms with Gasteiger partial charge in [-0.05, 0) is 44.1 Å². The molecule has 0 aromatic heterocycles. The van der Waals surface area contributed by atoms with E-state index in [9.17, 15) is 9.59 Å². The van der Waals surface area contributed by atoms with Crippen molar-refractivity contribution in [2.24, 2.45) is 0 Å². The Morgan fingerprint density at radius 2 is 1.77 bits per heavy atom. The minimum Gasteiger partial charge on any atom is -0.345 e. The molecule has 0 spiro atoms. The highest BCUT2D eigenvalue weighted by molar-refractivity contribution is 6.35. The Hall–Kier alpha value is -1.88. The lowest BCUT2D eigenvalue weighted by Gasteiger charge is -2.36. The summed E-state index contributed by atoms with van der Waals surface area (Å²) in [5.41, 5.74) is 1.32. The maximum Gasteiger partial charge on any atom is 0.312 e. The van der Waals surface area contributed by atoms with Crippen LogP contribution in [-0.2, 0) is 16.1 Å². The van der Waals surface area contributed by atoms with Crippen molar-refractivity contribution in [2.75, 3.05) is 19.6 Å². The molecule has 2 fully saturated rings. The number of piperidine rings is 2. The minimum atomic E-state index is -0.410. The van der Waals surface area contributed by atoms with E-state index in [0.29, 0.717) is 0 Å². The van der Waals surface area contributed by atoms with E-state index in [4.69, 9.17) is 0 Å². The van der Waals surface area contributed by atoms with Crippen LogP contribution in [0, 0.1) is 0 Å². The summed E-state index contributed by atoms with van der Waals surface area (Å²) in [6.07, 6.45) is 5.92. The molecular formula is C21H31N3O2. The Kier molecular flexibility index (Phi) is 6.67. The summed E-state index contributed by atoms with van der Waals surface area (Å²) in [7, 11) is 0. The van der Waals surface area contributed by atoms with Gasteiger partial charge in [-0.25, -0.2) is 0 Å². The molecule has 2 aliphatic heterocycles. The summed E-state index contributed by atoms with van der Waals surface area (Å²) in [5.74, 6) is -0.741. The predicted octanol–water partition coefficient (Wildman–Crippen LogP) is 2.56. The van der Waals surface area contributed by atoms with E-state index in [0.717, 1.165) is 64.7 Å². The molecule has 1 atom stereocenters. The molecule has 2 amide bonds. The molecule has 5 heteroatoms. The van der Waals surface area contributed by atoms with Crippen LogP contribution in [-0.4, -0.2) is 53.3 Å². The molecule has 0 radical (unpaired) electrons. The number of nitrogens with zero attached hydrogens (tertiary/aromatic N) is 2. The fourth-order valence-corrected chi connectivity index (χ4v) is 4.15. The first kappa shape index (κ1) is 18.9. The number of nitrogens with one attached hydrogen (secondary N) is 1. The summed E-state index contributed by atoms with van der Waals surface area (Å²) in [6, 6.07) is 10.8. The maximum absolute atomic E-state index is 12.6. The lowest BCUT2D eigenvalue weighted by Crippen LogP contribution is -2.53. The van der Waals surface area contributed by atoms with Crippen molar-refractivity contribution in [1.82, 2.24) is 15.1 Å². The third-order valence-corrected chi connectivity index (χ3v) is 5.73. The quantitative estimate of drug-likeness (QED) is 0.843. The van der Waals surface area contributed by atoms with Gasteiger partial charge < -0.3 is 10.2 Å². The zero-order valence-electron chi connectivity index (χ0n) is 15.8. The average molecular weight is 357 g/mol. The second-order valence-electron chi connectivity index (χ2n) is 7.57. The Morgan fingerprint density at radius 1 is 1.04 bits per heavy atom. The first-order valence-corrected chi connectivity index (χ1v) is 10.0. The van der Waals surface area contributed by atoms with Crippen LogP contribution in [0.2, 0.25) is 0 Å². The Balaban J connectivity index is 1.45. The number of amides is 2. The van der Waals surface area contributed by atoms with Gasteiger partial charge in [0.15, 0.2) is 0 Å². The molecule has 0 bridgehead atoms. The summed E-state index contributed by atoms with van der Waals surface area (Å²) in [5, 5.41) is 2.99. The van der Waals surface area contributed by atoms with Crippen LogP contribution < -0.4 is 5.32 Å². The van der Waals surface area contributed by atoms with Crippen molar-refractivity contribution in [2.45, 2.75) is 64.1 Å². The second kappa shape index (κ2) is 9.17. The van der Waals surface area contributed by atoms with Crippen molar-refractivity contribution < 1.29 is 9.59 Å². The van der Waals surface area contributed by atoms with Gasteiger partial charge in [0.05, 0.1) is 0 Å². The average Bonchev–Trinajstić information content (AvgIpc) is 2.69. The number of hydrogen-bond acceptors (Lipinski definition) is 3. The third-order valence-electron chi connectivity index (χ3n) is 5.73. The van der Waals surface area contributed by atoms with Crippen LogP contribution in [0.25, 0.3) is 0 Å². The highest BCUT2D eigenvalue weighted by atomic mass is 16.2. The molecule has 1 N–H and O–H groups in total. The molecule has 0 aliphatic carbocycles. The second-order valence-corrected chi connectivity index (χ2v) is 7.57. The van der Waals surface area contributed by atoms with E-state index in [2.05, 4.69) is 41.4 Å². The Labute approximate surface area is 156 Å². The summed E-state index contributed by atoms with van der Waals surface area (Å²) in [6.45, 7) is 5.67. The molecule has 2 saturated heterocycles. The number of hydrogen-bond donors (Lipinski definition) is 1. The normalized spacial score (nSPS) is 22.2. The van der Waals surface area contributed by atoms with Gasteiger partial charge in [0, 0.05) is 38.3 Å². The lowest BCUT2D eigenvalue weighted by molar-refractivity contribution is -0.148. The number of carbonyl (C=O) groups excluding carboxylic acids is 2. The van der Waals surface area contributed by atoms with E-state index < -0.39 is 5.91 Å². The molecule has 1 aromatic carbocycles. The highest BCUT2D eigenvalue weighted by Gasteiger charge is 2.31. The largest absolute Gasteiger partial charge is 0.345 e. The van der Waals surface area contributed by atoms with Gasteiger partial charge in [0.25, 0.3) is 0 Å². The van der Waals surface area contributed by atoms with Crippen molar-refractivity contribution in [1.29, 1.82) is 0 Å². The van der Waals surface area contributed by atoms with E-state index in [1.54, 1.807) is 4.90 Å². The van der Waals surface area contributed by atoms with Crippen molar-refractivity contribution in [3.63, 3.8) is 0 Å². The summed E-state index contributed by atoms with van der Waals surface area (Å²) < 4.78 is 0. The van der Waals surface area contributed by atoms with Gasteiger partial charge in [0.2, 0.25) is 0 Å². The zero-order chi connectivity index (χ0) is 18.4. The molecule has 2 heterocycles. The van der Waals surface area contributed by atoms with Crippen molar-refractivity contribution in [3.8, 4) is 0 Å². The number of likely N-dealkylation sites (tertiary alicyclic amines) is 2. The molecule has 26 heavy (non-hydrogen) atoms. The van der Waals surface area contributed by atoms with Crippen molar-refractivity contribution in [3.05, 3.63) is 35.9 Å². The molecule has 0 saturated carbocycles. The minimum absolute atomic E-state index is 0.114. The number of carbonyl (C=O) groups is 2. The molecule has 3 rings (SSSR count). The molecule has 2 aliphatic rings. The summed E-state index contributed by atoms with van der Waals surface area (Å²) >= 11 is 0. The topological polar surface area (TPSA) is 52.7 Å². The first-order valence-electron chi connectivity index (χ1n) is 10.0. The number of rotatable bonds is 4. The lowest BCUT2D eigenvalue weighted by atomic mass is 9.99. The van der Waals surface area contributed by atoms with E-state index in [1.165, 1.54) is 5.56 Å². The van der Waals surface area contributed by atoms with Gasteiger partial charge in [-0.15, -0.1) is 0 Å². The Bertz CT molecular complexity index is 597. The molecule has 1 aromatic rings. The molecule has 142 valence electrons. The first-order chi connectivity index (χ1) is 12.7. The van der Waals surface area contributed by atoms with Crippen LogP contribution in [0.4, 0.5) is 0 Å². The maximum atomic E-state index is 12.6. The van der Waals surface area contributed by atoms with E-state index in [-0.39, 0.29) is 18.0 Å². The van der Waals surface area contributed by atoms with Crippen molar-refractivity contribution >= 4 is 11.8 Å². The predicted molar refractivity (Wildman–Crippen MR) is 103 cm³/mol. The van der Waals surface area contributed by atoms with E-state index >= 15 is 0 Å². The van der Waals surface area contributed by atoms with Crippen LogP contribution in [0.3, 0.4) is 0 Å². The van der Waals surface area contributed by atoms with Gasteiger partial charge >= 0.3 is 11.8 Å². The van der Waals surface area contributed by atoms with Gasteiger partial charge in [-0.2, -0.15) is 0 Å². The van der Waals surface area contributed by atoms with Crippen LogP contribution >= 0.6 is 0 Å². The zero-order valence-corrected chi connectivity index (χ0v) is 15.8. The smallest absolute Gasteiger partial charge is 0.312 e. The van der Waals surface area contributed by atoms with Gasteiger partial charge in [0.1, 0.15) is 0 Å². The summed E-state index contributed by atoms with van der Waals surface area (Å²) in [4.78, 5) is 29.2. The number of benzene rings is 1. The van der Waals surface area contributed by atoms with E-state index in [1.807, 2.05) is 6.07 Å². The fourth-order valence-electron chi connectivity index (χ4n) is 4.15. The fraction of sp³-hybridized carbons (Fsp3) is 0.619. The monoisotopic (exact) mass is 357 g/mol. The van der Waals surface area contributed by atoms with Crippen LogP contribution in [0.1, 0.15) is 51.0 Å². The van der Waals surface area contributed by atoms with Gasteiger partial charge in [-0.1, -0.05) is 37.3 Å². The highest BCUT2D eigenvalue weighted by Crippen LogP contribution is 2.20.